The smallest absolute Gasteiger partial charge is 0.335 e. The predicted molar refractivity (Wildman–Crippen MR) is 224 cm³/mol. The molecule has 11 N–H and O–H groups in total. The first kappa shape index (κ1) is 48.5. The van der Waals surface area contributed by atoms with Gasteiger partial charge in [-0.05, 0) is 89.8 Å². The van der Waals surface area contributed by atoms with E-state index in [1.807, 2.05) is 0 Å². The summed E-state index contributed by atoms with van der Waals surface area (Å²) in [6, 6.07) is 10.2. The van der Waals surface area contributed by atoms with Crippen molar-refractivity contribution in [1.82, 2.24) is 15.0 Å². The Kier molecular flexibility index (Phi) is 12.8. The van der Waals surface area contributed by atoms with Gasteiger partial charge in [-0.2, -0.15) is 52.1 Å². The van der Waals surface area contributed by atoms with E-state index in [0.717, 1.165) is 18.2 Å². The van der Waals surface area contributed by atoms with Crippen LogP contribution in [0.2, 0.25) is 5.28 Å². The van der Waals surface area contributed by atoms with E-state index < -0.39 is 126 Å². The van der Waals surface area contributed by atoms with Crippen LogP contribution in [0, 0.1) is 0 Å². The van der Waals surface area contributed by atoms with Crippen molar-refractivity contribution in [2.24, 2.45) is 25.4 Å². The highest BCUT2D eigenvalue weighted by molar-refractivity contribution is 7.87. The fourth-order valence-corrected chi connectivity index (χ4v) is 8.76. The van der Waals surface area contributed by atoms with Crippen LogP contribution in [-0.4, -0.2) is 96.0 Å². The van der Waals surface area contributed by atoms with Crippen LogP contribution >= 0.6 is 11.6 Å². The zero-order chi connectivity index (χ0) is 48.9. The lowest BCUT2D eigenvalue weighted by Crippen LogP contribution is -2.16. The van der Waals surface area contributed by atoms with Gasteiger partial charge in [0, 0.05) is 5.69 Å². The van der Waals surface area contributed by atoms with Gasteiger partial charge in [0.1, 0.15) is 42.3 Å². The van der Waals surface area contributed by atoms with E-state index in [9.17, 15) is 74.8 Å². The number of carbonyl (C=O) groups is 1. The number of nitrogens with one attached hydrogen (secondary N) is 2. The largest absolute Gasteiger partial charge is 0.505 e. The van der Waals surface area contributed by atoms with E-state index in [1.165, 1.54) is 24.3 Å². The number of rotatable bonds is 13. The van der Waals surface area contributed by atoms with Crippen LogP contribution in [0.5, 0.6) is 5.75 Å². The average Bonchev–Trinajstić information content (AvgIpc) is 3.18. The zero-order valence-corrected chi connectivity index (χ0v) is 36.5. The Morgan fingerprint density at radius 1 is 0.636 bits per heavy atom. The number of aromatic carboxylic acids is 1. The molecule has 0 saturated heterocycles. The van der Waals surface area contributed by atoms with Crippen LogP contribution in [0.1, 0.15) is 10.4 Å². The summed E-state index contributed by atoms with van der Waals surface area (Å²) in [5.74, 6) is -2.75. The molecule has 0 aliphatic heterocycles. The van der Waals surface area contributed by atoms with Gasteiger partial charge in [-0.25, -0.2) is 9.79 Å². The van der Waals surface area contributed by atoms with Crippen LogP contribution in [0.4, 0.5) is 45.8 Å². The van der Waals surface area contributed by atoms with Gasteiger partial charge in [0.15, 0.2) is 5.75 Å². The Morgan fingerprint density at radius 3 is 1.68 bits per heavy atom. The predicted octanol–water partition coefficient (Wildman–Crippen LogP) is 4.64. The number of azo groups is 2. The molecule has 0 amide bonds. The van der Waals surface area contributed by atoms with E-state index in [2.05, 4.69) is 45.7 Å². The Balaban J connectivity index is 1.53. The van der Waals surface area contributed by atoms with Gasteiger partial charge in [0.05, 0.1) is 27.2 Å². The summed E-state index contributed by atoms with van der Waals surface area (Å²) >= 11 is 6.09. The van der Waals surface area contributed by atoms with Crippen LogP contribution in [0.15, 0.2) is 123 Å². The fourth-order valence-electron chi connectivity index (χ4n) is 5.56. The summed E-state index contributed by atoms with van der Waals surface area (Å²) < 4.78 is 172. The molecular formula is C32H23ClN10O18S5. The first-order chi connectivity index (χ1) is 30.4. The second-order valence-electron chi connectivity index (χ2n) is 12.8. The number of fused-ring (bicyclic) bond motifs is 1. The maximum Gasteiger partial charge on any atom is 0.335 e. The summed E-state index contributed by atoms with van der Waals surface area (Å²) in [4.78, 5) is 20.0. The average molecular weight is 1030 g/mol. The molecule has 1 heterocycles. The van der Waals surface area contributed by atoms with Crippen LogP contribution in [0.25, 0.3) is 10.8 Å². The van der Waals surface area contributed by atoms with Gasteiger partial charge in [0.2, 0.25) is 16.9 Å². The second-order valence-corrected chi connectivity index (χ2v) is 20.1. The highest BCUT2D eigenvalue weighted by Gasteiger charge is 2.29. The lowest BCUT2D eigenvalue weighted by molar-refractivity contribution is 0.0696. The second kappa shape index (κ2) is 17.5. The molecule has 0 bridgehead atoms. The molecular weight excluding hydrogens is 1010 g/mol. The molecule has 34 heteroatoms. The Bertz CT molecular complexity index is 3780. The van der Waals surface area contributed by atoms with Crippen LogP contribution < -0.4 is 16.7 Å². The number of aromatic hydroxyl groups is 1. The number of anilines is 3. The Hall–Kier alpha value is -6.92. The van der Waals surface area contributed by atoms with Crippen molar-refractivity contribution in [3.63, 3.8) is 0 Å². The number of nitrogens with zero attached hydrogens (tertiary/aromatic N) is 7. The number of hydrogen-bond acceptors (Lipinski definition) is 21. The molecule has 0 aliphatic carbocycles. The highest BCUT2D eigenvalue weighted by Crippen LogP contribution is 2.49. The molecule has 5 aromatic carbocycles. The fraction of sp³-hybridized carbons (Fsp3) is 0. The van der Waals surface area contributed by atoms with Crippen molar-refractivity contribution >= 4 is 125 Å². The molecule has 1 aromatic heterocycles. The third-order valence-electron chi connectivity index (χ3n) is 8.37. The summed E-state index contributed by atoms with van der Waals surface area (Å²) in [7, 11) is -26.6. The first-order valence-electron chi connectivity index (χ1n) is 16.8. The normalized spacial score (nSPS) is 13.2. The topological polar surface area (TPSA) is 471 Å². The molecule has 0 spiro atoms. The molecule has 28 nitrogen and oxygen atoms in total. The third-order valence-corrected chi connectivity index (χ3v) is 12.9. The molecule has 0 atom stereocenters. The summed E-state index contributed by atoms with van der Waals surface area (Å²) in [5.41, 5.74) is 0.541. The number of aromatic amines is 1. The SMILES string of the molecule is Nc1c(N=Nc2cc(S(=O)(=O)O)ccc2S(=O)(=O)O)c(S(=O)(=O)O)cc2cc(S(=O)(=O)O)c(N=Nc3cc(N=c4nc(Nc5ccc(C(=O)O)cc5)nc(Cl)[nH]4)ccc3S(=O)(=O)O)c(O)c12. The van der Waals surface area contributed by atoms with Crippen molar-refractivity contribution in [1.29, 1.82) is 0 Å². The quantitative estimate of drug-likeness (QED) is 0.0428. The number of carboxylic acids is 1. The third kappa shape index (κ3) is 10.8. The number of nitrogen functional groups attached to an aromatic ring is 1. The maximum absolute atomic E-state index is 12.6. The summed E-state index contributed by atoms with van der Waals surface area (Å²) in [6.45, 7) is 0. The van der Waals surface area contributed by atoms with Gasteiger partial charge in [0.25, 0.3) is 50.6 Å². The molecule has 0 saturated carbocycles. The Morgan fingerprint density at radius 2 is 1.15 bits per heavy atom. The van der Waals surface area contributed by atoms with E-state index in [4.69, 9.17) is 22.4 Å². The van der Waals surface area contributed by atoms with E-state index in [1.54, 1.807) is 0 Å². The Labute approximate surface area is 373 Å². The molecule has 0 aliphatic rings. The van der Waals surface area contributed by atoms with Crippen molar-refractivity contribution in [3.8, 4) is 5.75 Å². The summed E-state index contributed by atoms with van der Waals surface area (Å²) in [5, 5.41) is 35.7. The molecule has 66 heavy (non-hydrogen) atoms. The number of phenolic OH excluding ortho intramolecular Hbond substituents is 1. The molecule has 0 unspecified atom stereocenters. The van der Waals surface area contributed by atoms with E-state index in [-0.39, 0.29) is 28.1 Å². The molecule has 6 rings (SSSR count). The van der Waals surface area contributed by atoms with Crippen molar-refractivity contribution in [2.45, 2.75) is 24.5 Å². The zero-order valence-electron chi connectivity index (χ0n) is 31.7. The van der Waals surface area contributed by atoms with E-state index in [0.29, 0.717) is 36.0 Å². The standard InChI is InChI=1S/C32H23ClN10O18S5/c33-30-37-31(35-15-3-1-13(2-4-15)29(45)46)39-32(38-30)36-16-5-7-20(63(50,51)52)18(11-16)40-43-27-23(66(59,60)61)10-14-9-22(65(56,57)58)26(25(34)24(14)28(27)44)42-41-19-12-17(62(47,48)49)6-8-21(19)64(53,54)55/h1-12,44H,34H2,(H,45,46)(H,47,48,49)(H,50,51,52)(H,53,54,55)(H,56,57,58)(H,59,60,61)(H2,35,36,37,38,39). The first-order valence-corrected chi connectivity index (χ1v) is 24.4. The number of H-pyrrole nitrogens is 1. The molecule has 0 fully saturated rings. The highest BCUT2D eigenvalue weighted by atomic mass is 35.5. The van der Waals surface area contributed by atoms with Crippen molar-refractivity contribution < 1.29 is 79.9 Å². The number of carboxylic acid groups (broad SMARTS) is 1. The number of hydrogen-bond donors (Lipinski definition) is 10. The number of phenols is 1. The minimum atomic E-state index is -5.54. The number of nitrogens with two attached hydrogens (primary N) is 1. The minimum Gasteiger partial charge on any atom is -0.505 e. The van der Waals surface area contributed by atoms with E-state index >= 15 is 0 Å². The van der Waals surface area contributed by atoms with Gasteiger partial charge in [-0.1, -0.05) is 0 Å². The van der Waals surface area contributed by atoms with Gasteiger partial charge < -0.3 is 21.3 Å². The number of aromatic nitrogens is 3. The summed E-state index contributed by atoms with van der Waals surface area (Å²) in [6.07, 6.45) is 0. The van der Waals surface area contributed by atoms with Crippen LogP contribution in [-0.2, 0) is 50.6 Å². The molecule has 346 valence electrons. The molecule has 0 radical (unpaired) electrons. The monoisotopic (exact) mass is 1030 g/mol. The van der Waals surface area contributed by atoms with Crippen molar-refractivity contribution in [2.75, 3.05) is 11.1 Å². The lowest BCUT2D eigenvalue weighted by atomic mass is 10.1. The number of halogens is 1. The van der Waals surface area contributed by atoms with Gasteiger partial charge >= 0.3 is 5.97 Å². The number of benzene rings is 5. The molecule has 6 aromatic rings. The van der Waals surface area contributed by atoms with Gasteiger partial charge in [-0.3, -0.25) is 27.7 Å². The van der Waals surface area contributed by atoms with Gasteiger partial charge in [-0.15, -0.1) is 20.5 Å². The lowest BCUT2D eigenvalue weighted by Gasteiger charge is -2.14. The minimum absolute atomic E-state index is 0.0265. The maximum atomic E-state index is 12.6. The van der Waals surface area contributed by atoms with Crippen LogP contribution in [0.3, 0.4) is 0 Å². The van der Waals surface area contributed by atoms with Crippen molar-refractivity contribution in [3.05, 3.63) is 89.3 Å².